The zero-order valence-electron chi connectivity index (χ0n) is 17.8. The molecule has 4 heterocycles. The van der Waals surface area contributed by atoms with Crippen LogP contribution in [0, 0.1) is 11.3 Å². The lowest BCUT2D eigenvalue weighted by atomic mass is 10.1. The zero-order valence-corrected chi connectivity index (χ0v) is 20.9. The van der Waals surface area contributed by atoms with Crippen molar-refractivity contribution in [1.82, 2.24) is 30.2 Å². The van der Waals surface area contributed by atoms with Crippen LogP contribution < -0.4 is 10.6 Å². The third-order valence-electron chi connectivity index (χ3n) is 5.23. The van der Waals surface area contributed by atoms with Crippen molar-refractivity contribution in [2.75, 3.05) is 24.2 Å². The Labute approximate surface area is 214 Å². The fourth-order valence-corrected chi connectivity index (χ4v) is 7.38. The molecule has 0 amide bonds. The van der Waals surface area contributed by atoms with Gasteiger partial charge in [0, 0.05) is 31.1 Å². The summed E-state index contributed by atoms with van der Waals surface area (Å²) in [5, 5.41) is 15.8. The molecule has 0 aliphatic carbocycles. The number of thioether (sulfide) groups is 1. The van der Waals surface area contributed by atoms with Crippen LogP contribution >= 0.6 is 35.0 Å². The molecular weight excluding hydrogens is 531 g/mol. The molecule has 0 spiro atoms. The Bertz CT molecular complexity index is 1560. The lowest BCUT2D eigenvalue weighted by Crippen LogP contribution is -2.37. The molecule has 1 saturated heterocycles. The largest absolute Gasteiger partial charge is 0.335 e. The molecule has 1 fully saturated rings. The summed E-state index contributed by atoms with van der Waals surface area (Å²) in [5.41, 5.74) is 1.89. The second-order valence-corrected chi connectivity index (χ2v) is 12.0. The van der Waals surface area contributed by atoms with Crippen molar-refractivity contribution in [3.63, 3.8) is 0 Å². The Kier molecular flexibility index (Phi) is 6.52. The Balaban J connectivity index is 1.49. The van der Waals surface area contributed by atoms with Gasteiger partial charge in [-0.2, -0.15) is 5.26 Å². The molecule has 10 nitrogen and oxygen atoms in total. The first-order chi connectivity index (χ1) is 16.9. The number of aromatic nitrogens is 5. The van der Waals surface area contributed by atoms with Gasteiger partial charge in [0.2, 0.25) is 9.84 Å². The fourth-order valence-electron chi connectivity index (χ4n) is 3.57. The van der Waals surface area contributed by atoms with E-state index in [9.17, 15) is 8.42 Å². The Hall–Kier alpha value is -2.95. The predicted octanol–water partition coefficient (Wildman–Crippen LogP) is 3.77. The number of benzene rings is 1. The van der Waals surface area contributed by atoms with Crippen molar-refractivity contribution >= 4 is 67.5 Å². The zero-order chi connectivity index (χ0) is 24.6. The van der Waals surface area contributed by atoms with Crippen LogP contribution in [0.1, 0.15) is 5.56 Å². The van der Waals surface area contributed by atoms with E-state index >= 15 is 0 Å². The van der Waals surface area contributed by atoms with Crippen LogP contribution in [0.5, 0.6) is 0 Å². The van der Waals surface area contributed by atoms with E-state index in [0.717, 1.165) is 6.54 Å². The Morgan fingerprint density at radius 2 is 1.97 bits per heavy atom. The van der Waals surface area contributed by atoms with Gasteiger partial charge in [0.1, 0.15) is 28.1 Å². The quantitative estimate of drug-likeness (QED) is 0.315. The summed E-state index contributed by atoms with van der Waals surface area (Å²) in [6.45, 7) is 1.13. The van der Waals surface area contributed by atoms with Gasteiger partial charge in [-0.3, -0.25) is 0 Å². The van der Waals surface area contributed by atoms with E-state index < -0.39 is 14.4 Å². The van der Waals surface area contributed by atoms with Crippen LogP contribution in [0.2, 0.25) is 10.0 Å². The molecule has 0 saturated carbocycles. The summed E-state index contributed by atoms with van der Waals surface area (Å²) in [7, 11) is -3.65. The Morgan fingerprint density at radius 1 is 1.17 bits per heavy atom. The molecule has 5 rings (SSSR count). The average molecular weight is 547 g/mol. The highest BCUT2D eigenvalue weighted by molar-refractivity contribution is 8.13. The van der Waals surface area contributed by atoms with Gasteiger partial charge in [-0.1, -0.05) is 23.2 Å². The molecule has 3 aromatic heterocycles. The first kappa shape index (κ1) is 23.8. The fraction of sp³-hybridized carbons (Fsp3) is 0.190. The van der Waals surface area contributed by atoms with Crippen molar-refractivity contribution in [2.45, 2.75) is 9.61 Å². The number of fused-ring (bicyclic) bond motifs is 1. The molecule has 1 atom stereocenters. The molecule has 3 N–H and O–H groups in total. The molecular formula is C21H16Cl2N8O2S2. The number of H-pyrrole nitrogens is 1. The predicted molar refractivity (Wildman–Crippen MR) is 136 cm³/mol. The van der Waals surface area contributed by atoms with Crippen molar-refractivity contribution in [3.8, 4) is 17.5 Å². The number of nitriles is 1. The van der Waals surface area contributed by atoms with Crippen LogP contribution in [-0.4, -0.2) is 56.8 Å². The van der Waals surface area contributed by atoms with Crippen LogP contribution in [0.15, 0.2) is 41.8 Å². The van der Waals surface area contributed by atoms with Crippen LogP contribution in [-0.2, 0) is 9.84 Å². The van der Waals surface area contributed by atoms with E-state index in [1.165, 1.54) is 36.3 Å². The van der Waals surface area contributed by atoms with Gasteiger partial charge in [0.15, 0.2) is 10.8 Å². The number of nitrogens with one attached hydrogen (secondary N) is 3. The summed E-state index contributed by atoms with van der Waals surface area (Å²) in [5.74, 6) is 1.74. The molecule has 4 aromatic rings. The monoisotopic (exact) mass is 546 g/mol. The standard InChI is InChI=1S/C21H16Cl2N8O2S2/c22-12-5-11(8-24)6-13(23)18(12)20-29-14-1-2-26-21(19(14)31-20)30-15-7-16(28-10-27-15)35(32,33)17-9-25-3-4-34-17/h1-2,5-7,10,17,25H,3-4,9H2,(H,29,31)(H,26,27,28,30). The number of halogens is 2. The van der Waals surface area contributed by atoms with Crippen LogP contribution in [0.4, 0.5) is 11.6 Å². The lowest BCUT2D eigenvalue weighted by Gasteiger charge is -2.22. The number of hydrogen-bond acceptors (Lipinski definition) is 10. The summed E-state index contributed by atoms with van der Waals surface area (Å²) >= 11 is 14.1. The first-order valence-electron chi connectivity index (χ1n) is 10.3. The van der Waals surface area contributed by atoms with Crippen LogP contribution in [0.25, 0.3) is 22.4 Å². The highest BCUT2D eigenvalue weighted by atomic mass is 35.5. The van der Waals surface area contributed by atoms with E-state index in [1.807, 2.05) is 6.07 Å². The molecule has 0 radical (unpaired) electrons. The molecule has 35 heavy (non-hydrogen) atoms. The minimum absolute atomic E-state index is 0.0650. The van der Waals surface area contributed by atoms with Gasteiger partial charge < -0.3 is 15.6 Å². The third-order valence-corrected chi connectivity index (χ3v) is 9.64. The van der Waals surface area contributed by atoms with Gasteiger partial charge in [0.25, 0.3) is 0 Å². The van der Waals surface area contributed by atoms with Crippen molar-refractivity contribution in [3.05, 3.63) is 52.4 Å². The number of anilines is 2. The topological polar surface area (TPSA) is 149 Å². The molecule has 178 valence electrons. The summed E-state index contributed by atoms with van der Waals surface area (Å²) in [6.07, 6.45) is 2.76. The number of hydrogen-bond donors (Lipinski definition) is 3. The maximum atomic E-state index is 13.0. The van der Waals surface area contributed by atoms with E-state index in [4.69, 9.17) is 28.5 Å². The number of sulfone groups is 1. The summed E-state index contributed by atoms with van der Waals surface area (Å²) < 4.78 is 25.4. The maximum absolute atomic E-state index is 13.0. The second-order valence-electron chi connectivity index (χ2n) is 7.48. The van der Waals surface area contributed by atoms with Crippen molar-refractivity contribution < 1.29 is 8.42 Å². The minimum Gasteiger partial charge on any atom is -0.335 e. The molecule has 0 bridgehead atoms. The van der Waals surface area contributed by atoms with Crippen molar-refractivity contribution in [1.29, 1.82) is 5.26 Å². The number of imidazole rings is 1. The smallest absolute Gasteiger partial charge is 0.209 e. The normalized spacial score (nSPS) is 16.2. The van der Waals surface area contributed by atoms with E-state index in [2.05, 4.69) is 35.6 Å². The second kappa shape index (κ2) is 9.60. The average Bonchev–Trinajstić information content (AvgIpc) is 3.29. The van der Waals surface area contributed by atoms with Gasteiger partial charge in [-0.05, 0) is 18.2 Å². The molecule has 14 heteroatoms. The number of nitrogens with zero attached hydrogens (tertiary/aromatic N) is 5. The first-order valence-corrected chi connectivity index (χ1v) is 13.6. The minimum atomic E-state index is -3.65. The summed E-state index contributed by atoms with van der Waals surface area (Å²) in [6, 6.07) is 8.12. The Morgan fingerprint density at radius 3 is 2.69 bits per heavy atom. The summed E-state index contributed by atoms with van der Waals surface area (Å²) in [4.78, 5) is 20.2. The van der Waals surface area contributed by atoms with Crippen molar-refractivity contribution in [2.24, 2.45) is 0 Å². The molecule has 1 aliphatic heterocycles. The highest BCUT2D eigenvalue weighted by Gasteiger charge is 2.31. The SMILES string of the molecule is N#Cc1cc(Cl)c(-c2nc3ccnc(Nc4cc(S(=O)(=O)C5CNCCS5)ncn4)c3[nH]2)c(Cl)c1. The lowest BCUT2D eigenvalue weighted by molar-refractivity contribution is 0.582. The number of rotatable bonds is 5. The van der Waals surface area contributed by atoms with Gasteiger partial charge in [-0.15, -0.1) is 11.8 Å². The number of aromatic amines is 1. The van der Waals surface area contributed by atoms with Crippen LogP contribution in [0.3, 0.4) is 0 Å². The van der Waals surface area contributed by atoms with E-state index in [0.29, 0.717) is 46.1 Å². The molecule has 1 unspecified atom stereocenters. The van der Waals surface area contributed by atoms with Gasteiger partial charge >= 0.3 is 0 Å². The number of pyridine rings is 1. The molecule has 1 aromatic carbocycles. The third kappa shape index (κ3) is 4.65. The van der Waals surface area contributed by atoms with E-state index in [-0.39, 0.29) is 20.9 Å². The van der Waals surface area contributed by atoms with Gasteiger partial charge in [-0.25, -0.2) is 28.4 Å². The maximum Gasteiger partial charge on any atom is 0.209 e. The molecule has 1 aliphatic rings. The highest BCUT2D eigenvalue weighted by Crippen LogP contribution is 2.36. The van der Waals surface area contributed by atoms with E-state index in [1.54, 1.807) is 12.3 Å². The van der Waals surface area contributed by atoms with Gasteiger partial charge in [0.05, 0.1) is 32.8 Å².